The van der Waals surface area contributed by atoms with Gasteiger partial charge < -0.3 is 10.6 Å². The van der Waals surface area contributed by atoms with Crippen LogP contribution >= 0.6 is 0 Å². The molecule has 4 nitrogen and oxygen atoms in total. The molecule has 0 saturated carbocycles. The van der Waals surface area contributed by atoms with Crippen LogP contribution in [0.1, 0.15) is 12.2 Å². The number of allylic oxidation sites excluding steroid dienone is 1. The summed E-state index contributed by atoms with van der Waals surface area (Å²) in [5, 5.41) is 6.42. The standard InChI is InChI=1S/C12H16N4/c1-13-10-4-6-12(14-2,7-5-10)11-15-8-3-9-16-11/h3-6,8-9,13-14H,7H2,1-2H3. The Morgan fingerprint density at radius 2 is 2.00 bits per heavy atom. The molecule has 4 heteroatoms. The van der Waals surface area contributed by atoms with Gasteiger partial charge in [-0.25, -0.2) is 9.97 Å². The van der Waals surface area contributed by atoms with Crippen molar-refractivity contribution in [1.82, 2.24) is 20.6 Å². The van der Waals surface area contributed by atoms with Crippen LogP contribution in [0, 0.1) is 0 Å². The first-order valence-corrected chi connectivity index (χ1v) is 5.34. The van der Waals surface area contributed by atoms with Crippen molar-refractivity contribution in [3.63, 3.8) is 0 Å². The predicted octanol–water partition coefficient (Wildman–Crippen LogP) is 0.954. The van der Waals surface area contributed by atoms with Crippen LogP contribution in [0.2, 0.25) is 0 Å². The third kappa shape index (κ3) is 1.84. The third-order valence-corrected chi connectivity index (χ3v) is 2.89. The van der Waals surface area contributed by atoms with Crippen molar-refractivity contribution in [2.75, 3.05) is 14.1 Å². The van der Waals surface area contributed by atoms with E-state index >= 15 is 0 Å². The highest BCUT2D eigenvalue weighted by molar-refractivity contribution is 5.31. The van der Waals surface area contributed by atoms with Crippen molar-refractivity contribution in [3.8, 4) is 0 Å². The van der Waals surface area contributed by atoms with E-state index in [1.54, 1.807) is 12.4 Å². The van der Waals surface area contributed by atoms with E-state index in [0.717, 1.165) is 17.9 Å². The van der Waals surface area contributed by atoms with Crippen molar-refractivity contribution >= 4 is 0 Å². The summed E-state index contributed by atoms with van der Waals surface area (Å²) in [5.74, 6) is 0.806. The zero-order valence-corrected chi connectivity index (χ0v) is 9.57. The first kappa shape index (κ1) is 10.8. The van der Waals surface area contributed by atoms with Gasteiger partial charge in [0.15, 0.2) is 5.82 Å². The second kappa shape index (κ2) is 4.45. The van der Waals surface area contributed by atoms with Gasteiger partial charge >= 0.3 is 0 Å². The Labute approximate surface area is 95.5 Å². The normalized spacial score (nSPS) is 24.0. The lowest BCUT2D eigenvalue weighted by Crippen LogP contribution is -2.40. The number of hydrogen-bond acceptors (Lipinski definition) is 4. The van der Waals surface area contributed by atoms with E-state index in [2.05, 4.69) is 38.8 Å². The molecule has 0 spiro atoms. The fraction of sp³-hybridized carbons (Fsp3) is 0.333. The second-order valence-electron chi connectivity index (χ2n) is 3.74. The van der Waals surface area contributed by atoms with E-state index in [1.807, 2.05) is 20.2 Å². The number of rotatable bonds is 3. The molecule has 0 amide bonds. The van der Waals surface area contributed by atoms with Crippen molar-refractivity contribution in [2.24, 2.45) is 0 Å². The van der Waals surface area contributed by atoms with Gasteiger partial charge in [-0.2, -0.15) is 0 Å². The predicted molar refractivity (Wildman–Crippen MR) is 63.7 cm³/mol. The van der Waals surface area contributed by atoms with Gasteiger partial charge in [0.25, 0.3) is 0 Å². The van der Waals surface area contributed by atoms with Crippen LogP contribution in [0.4, 0.5) is 0 Å². The van der Waals surface area contributed by atoms with E-state index in [-0.39, 0.29) is 5.54 Å². The topological polar surface area (TPSA) is 49.8 Å². The molecule has 1 aliphatic rings. The maximum atomic E-state index is 4.32. The number of aromatic nitrogens is 2. The highest BCUT2D eigenvalue weighted by Gasteiger charge is 2.31. The summed E-state index contributed by atoms with van der Waals surface area (Å²) in [4.78, 5) is 8.64. The summed E-state index contributed by atoms with van der Waals surface area (Å²) < 4.78 is 0. The van der Waals surface area contributed by atoms with Crippen molar-refractivity contribution in [3.05, 3.63) is 48.2 Å². The minimum Gasteiger partial charge on any atom is -0.388 e. The van der Waals surface area contributed by atoms with E-state index in [1.165, 1.54) is 0 Å². The maximum absolute atomic E-state index is 4.32. The Morgan fingerprint density at radius 1 is 1.25 bits per heavy atom. The zero-order valence-electron chi connectivity index (χ0n) is 9.57. The Morgan fingerprint density at radius 3 is 2.50 bits per heavy atom. The van der Waals surface area contributed by atoms with Crippen LogP contribution in [-0.2, 0) is 5.54 Å². The minimum atomic E-state index is -0.276. The lowest BCUT2D eigenvalue weighted by molar-refractivity contribution is 0.427. The zero-order chi connectivity index (χ0) is 11.4. The SMILES string of the molecule is CNC1=CCC(NC)(c2ncccn2)C=C1. The molecule has 1 atom stereocenters. The Kier molecular flexibility index (Phi) is 3.01. The Hall–Kier alpha value is -1.68. The molecule has 0 bridgehead atoms. The van der Waals surface area contributed by atoms with E-state index in [0.29, 0.717) is 0 Å². The molecule has 1 unspecified atom stereocenters. The quantitative estimate of drug-likeness (QED) is 0.790. The van der Waals surface area contributed by atoms with Crippen LogP contribution < -0.4 is 10.6 Å². The van der Waals surface area contributed by atoms with Gasteiger partial charge in [0.05, 0.1) is 0 Å². The molecule has 0 aliphatic heterocycles. The fourth-order valence-electron chi connectivity index (χ4n) is 1.82. The van der Waals surface area contributed by atoms with Crippen LogP contribution in [0.3, 0.4) is 0 Å². The van der Waals surface area contributed by atoms with Gasteiger partial charge in [-0.3, -0.25) is 0 Å². The number of nitrogens with zero attached hydrogens (tertiary/aromatic N) is 2. The molecule has 2 rings (SSSR count). The molecule has 1 aromatic heterocycles. The van der Waals surface area contributed by atoms with Crippen molar-refractivity contribution in [2.45, 2.75) is 12.0 Å². The van der Waals surface area contributed by atoms with Gasteiger partial charge in [0, 0.05) is 25.1 Å². The molecule has 1 aromatic rings. The monoisotopic (exact) mass is 216 g/mol. The smallest absolute Gasteiger partial charge is 0.152 e. The van der Waals surface area contributed by atoms with Crippen LogP contribution in [-0.4, -0.2) is 24.1 Å². The molecule has 1 aliphatic carbocycles. The summed E-state index contributed by atoms with van der Waals surface area (Å²) >= 11 is 0. The van der Waals surface area contributed by atoms with Gasteiger partial charge in [-0.1, -0.05) is 12.2 Å². The fourth-order valence-corrected chi connectivity index (χ4v) is 1.82. The summed E-state index contributed by atoms with van der Waals surface area (Å²) in [5.41, 5.74) is 0.850. The Bertz CT molecular complexity index is 410. The lowest BCUT2D eigenvalue weighted by Gasteiger charge is -2.30. The first-order chi connectivity index (χ1) is 7.80. The highest BCUT2D eigenvalue weighted by atomic mass is 15.0. The van der Waals surface area contributed by atoms with Crippen LogP contribution in [0.15, 0.2) is 42.4 Å². The molecule has 0 fully saturated rings. The molecule has 2 N–H and O–H groups in total. The molecular weight excluding hydrogens is 200 g/mol. The third-order valence-electron chi connectivity index (χ3n) is 2.89. The molecule has 16 heavy (non-hydrogen) atoms. The average molecular weight is 216 g/mol. The minimum absolute atomic E-state index is 0.276. The van der Waals surface area contributed by atoms with Gasteiger partial charge in [-0.15, -0.1) is 0 Å². The molecule has 0 saturated heterocycles. The lowest BCUT2D eigenvalue weighted by atomic mass is 9.89. The number of nitrogens with one attached hydrogen (secondary N) is 2. The van der Waals surface area contributed by atoms with Crippen molar-refractivity contribution in [1.29, 1.82) is 0 Å². The van der Waals surface area contributed by atoms with Crippen LogP contribution in [0.5, 0.6) is 0 Å². The Balaban J connectivity index is 2.31. The largest absolute Gasteiger partial charge is 0.388 e. The molecular formula is C12H16N4. The second-order valence-corrected chi connectivity index (χ2v) is 3.74. The summed E-state index contributed by atoms with van der Waals surface area (Å²) in [6, 6.07) is 1.83. The molecule has 1 heterocycles. The molecule has 84 valence electrons. The number of hydrogen-bond donors (Lipinski definition) is 2. The average Bonchev–Trinajstić information content (AvgIpc) is 2.40. The summed E-state index contributed by atoms with van der Waals surface area (Å²) in [6.07, 6.45) is 10.7. The first-order valence-electron chi connectivity index (χ1n) is 5.34. The number of likely N-dealkylation sites (N-methyl/N-ethyl adjacent to an activating group) is 2. The van der Waals surface area contributed by atoms with Crippen molar-refractivity contribution < 1.29 is 0 Å². The van der Waals surface area contributed by atoms with Gasteiger partial charge in [0.1, 0.15) is 5.54 Å². The summed E-state index contributed by atoms with van der Waals surface area (Å²) in [6.45, 7) is 0. The van der Waals surface area contributed by atoms with Gasteiger partial charge in [-0.05, 0) is 25.6 Å². The summed E-state index contributed by atoms with van der Waals surface area (Å²) in [7, 11) is 3.85. The molecule has 0 aromatic carbocycles. The maximum Gasteiger partial charge on any atom is 0.152 e. The highest BCUT2D eigenvalue weighted by Crippen LogP contribution is 2.27. The van der Waals surface area contributed by atoms with Gasteiger partial charge in [0.2, 0.25) is 0 Å². The van der Waals surface area contributed by atoms with E-state index in [4.69, 9.17) is 0 Å². The molecule has 0 radical (unpaired) electrons. The van der Waals surface area contributed by atoms with Crippen LogP contribution in [0.25, 0.3) is 0 Å². The van der Waals surface area contributed by atoms with E-state index in [9.17, 15) is 0 Å². The van der Waals surface area contributed by atoms with E-state index < -0.39 is 0 Å².